The average molecular weight is 413 g/mol. The number of rotatable bonds is 5. The van der Waals surface area contributed by atoms with Crippen molar-refractivity contribution >= 4 is 44.9 Å². The van der Waals surface area contributed by atoms with Gasteiger partial charge in [0.1, 0.15) is 11.6 Å². The number of benzene rings is 2. The van der Waals surface area contributed by atoms with Gasteiger partial charge < -0.3 is 10.1 Å². The lowest BCUT2D eigenvalue weighted by Gasteiger charge is -2.08. The number of thiazole rings is 1. The number of fused-ring (bicyclic) bond motifs is 1. The Labute approximate surface area is 170 Å². The molecule has 0 saturated carbocycles. The molecule has 8 heteroatoms. The average Bonchev–Trinajstić information content (AvgIpc) is 3.28. The van der Waals surface area contributed by atoms with Crippen LogP contribution in [0.5, 0.6) is 5.75 Å². The summed E-state index contributed by atoms with van der Waals surface area (Å²) in [6.45, 7) is 3.75. The van der Waals surface area contributed by atoms with Crippen LogP contribution in [0.4, 0.5) is 5.82 Å². The van der Waals surface area contributed by atoms with Gasteiger partial charge in [0, 0.05) is 6.07 Å². The van der Waals surface area contributed by atoms with E-state index in [1.165, 1.54) is 11.3 Å². The Morgan fingerprint density at radius 1 is 1.21 bits per heavy atom. The largest absolute Gasteiger partial charge is 0.484 e. The third-order valence-corrected chi connectivity index (χ3v) is 5.57. The molecule has 4 aromatic rings. The van der Waals surface area contributed by atoms with Crippen molar-refractivity contribution in [3.05, 3.63) is 64.8 Å². The van der Waals surface area contributed by atoms with Crippen molar-refractivity contribution in [3.8, 4) is 10.9 Å². The Bertz CT molecular complexity index is 1110. The molecule has 6 nitrogen and oxygen atoms in total. The summed E-state index contributed by atoms with van der Waals surface area (Å²) < 4.78 is 8.02. The summed E-state index contributed by atoms with van der Waals surface area (Å²) in [5, 5.41) is 8.60. The zero-order chi connectivity index (χ0) is 19.7. The smallest absolute Gasteiger partial charge is 0.263 e. The van der Waals surface area contributed by atoms with E-state index in [1.54, 1.807) is 22.9 Å². The van der Waals surface area contributed by atoms with Gasteiger partial charge in [-0.05, 0) is 37.6 Å². The maximum absolute atomic E-state index is 12.3. The number of nitrogens with zero attached hydrogens (tertiary/aromatic N) is 3. The quantitative estimate of drug-likeness (QED) is 0.512. The van der Waals surface area contributed by atoms with E-state index in [0.29, 0.717) is 21.7 Å². The first-order valence-electron chi connectivity index (χ1n) is 8.61. The maximum atomic E-state index is 12.3. The molecule has 28 heavy (non-hydrogen) atoms. The van der Waals surface area contributed by atoms with E-state index in [2.05, 4.69) is 15.4 Å². The first-order valence-corrected chi connectivity index (χ1v) is 9.81. The Hall–Kier alpha value is -2.90. The number of amides is 1. The van der Waals surface area contributed by atoms with Crippen molar-refractivity contribution in [2.75, 3.05) is 11.9 Å². The molecule has 0 spiro atoms. The monoisotopic (exact) mass is 412 g/mol. The van der Waals surface area contributed by atoms with Crippen LogP contribution in [0.15, 0.2) is 48.5 Å². The molecule has 0 radical (unpaired) electrons. The molecule has 2 aromatic carbocycles. The summed E-state index contributed by atoms with van der Waals surface area (Å²) in [6.07, 6.45) is 0. The second kappa shape index (κ2) is 7.61. The number of halogens is 1. The van der Waals surface area contributed by atoms with E-state index >= 15 is 0 Å². The Morgan fingerprint density at radius 3 is 2.75 bits per heavy atom. The number of hydrogen-bond acceptors (Lipinski definition) is 5. The van der Waals surface area contributed by atoms with Gasteiger partial charge in [-0.25, -0.2) is 4.98 Å². The van der Waals surface area contributed by atoms with Gasteiger partial charge in [-0.2, -0.15) is 9.78 Å². The van der Waals surface area contributed by atoms with Crippen LogP contribution in [-0.4, -0.2) is 27.3 Å². The van der Waals surface area contributed by atoms with Crippen LogP contribution < -0.4 is 10.1 Å². The zero-order valence-electron chi connectivity index (χ0n) is 15.3. The van der Waals surface area contributed by atoms with Gasteiger partial charge in [-0.3, -0.25) is 4.79 Å². The highest BCUT2D eigenvalue weighted by molar-refractivity contribution is 7.21. The van der Waals surface area contributed by atoms with Crippen LogP contribution in [0.3, 0.4) is 0 Å². The van der Waals surface area contributed by atoms with Gasteiger partial charge in [-0.15, -0.1) is 0 Å². The van der Waals surface area contributed by atoms with Crippen molar-refractivity contribution in [3.63, 3.8) is 0 Å². The highest BCUT2D eigenvalue weighted by Crippen LogP contribution is 2.34. The predicted octanol–water partition coefficient (Wildman–Crippen LogP) is 4.77. The standard InChI is InChI=1S/C20H17ClN4O2S/c1-12-8-9-15(21)19-18(12)23-20(28-19)25-16(10-13(2)24-25)22-17(26)11-27-14-6-4-3-5-7-14/h3-10H,11H2,1-2H3,(H,22,26). The Kier molecular flexibility index (Phi) is 5.02. The minimum absolute atomic E-state index is 0.0982. The second-order valence-corrected chi connectivity index (χ2v) is 7.66. The fourth-order valence-electron chi connectivity index (χ4n) is 2.76. The zero-order valence-corrected chi connectivity index (χ0v) is 16.8. The lowest BCUT2D eigenvalue weighted by molar-refractivity contribution is -0.118. The predicted molar refractivity (Wildman–Crippen MR) is 112 cm³/mol. The van der Waals surface area contributed by atoms with Crippen molar-refractivity contribution in [1.29, 1.82) is 0 Å². The van der Waals surface area contributed by atoms with Crippen LogP contribution in [0, 0.1) is 13.8 Å². The van der Waals surface area contributed by atoms with E-state index in [1.807, 2.05) is 44.2 Å². The Morgan fingerprint density at radius 2 is 2.00 bits per heavy atom. The van der Waals surface area contributed by atoms with Crippen LogP contribution >= 0.6 is 22.9 Å². The topological polar surface area (TPSA) is 69.0 Å². The summed E-state index contributed by atoms with van der Waals surface area (Å²) in [5.74, 6) is 0.894. The summed E-state index contributed by atoms with van der Waals surface area (Å²) in [5.41, 5.74) is 2.64. The number of nitrogens with one attached hydrogen (secondary N) is 1. The number of aryl methyl sites for hydroxylation is 2. The van der Waals surface area contributed by atoms with E-state index < -0.39 is 0 Å². The maximum Gasteiger partial charge on any atom is 0.263 e. The molecule has 0 atom stereocenters. The van der Waals surface area contributed by atoms with Gasteiger partial charge in [0.25, 0.3) is 5.91 Å². The minimum atomic E-state index is -0.277. The molecule has 1 N–H and O–H groups in total. The third-order valence-electron chi connectivity index (χ3n) is 4.08. The molecule has 0 aliphatic rings. The number of carbonyl (C=O) groups excluding carboxylic acids is 1. The van der Waals surface area contributed by atoms with Gasteiger partial charge in [0.15, 0.2) is 6.61 Å². The number of aromatic nitrogens is 3. The van der Waals surface area contributed by atoms with E-state index in [4.69, 9.17) is 16.3 Å². The van der Waals surface area contributed by atoms with Gasteiger partial charge in [-0.1, -0.05) is 47.2 Å². The van der Waals surface area contributed by atoms with Crippen LogP contribution in [-0.2, 0) is 4.79 Å². The molecule has 0 saturated heterocycles. The number of ether oxygens (including phenoxy) is 1. The number of para-hydroxylation sites is 1. The third kappa shape index (κ3) is 3.72. The van der Waals surface area contributed by atoms with Crippen molar-refractivity contribution in [2.45, 2.75) is 13.8 Å². The van der Waals surface area contributed by atoms with Crippen molar-refractivity contribution in [1.82, 2.24) is 14.8 Å². The van der Waals surface area contributed by atoms with Gasteiger partial charge >= 0.3 is 0 Å². The molecule has 0 fully saturated rings. The summed E-state index contributed by atoms with van der Waals surface area (Å²) in [7, 11) is 0. The fourth-order valence-corrected chi connectivity index (χ4v) is 4.04. The van der Waals surface area contributed by atoms with Gasteiger partial charge in [0.2, 0.25) is 5.13 Å². The minimum Gasteiger partial charge on any atom is -0.484 e. The van der Waals surface area contributed by atoms with Crippen molar-refractivity contribution in [2.24, 2.45) is 0 Å². The molecule has 142 valence electrons. The number of anilines is 1. The SMILES string of the molecule is Cc1cc(NC(=O)COc2ccccc2)n(-c2nc3c(C)ccc(Cl)c3s2)n1. The summed E-state index contributed by atoms with van der Waals surface area (Å²) in [4.78, 5) is 17.0. The molecular formula is C20H17ClN4O2S. The molecule has 0 unspecified atom stereocenters. The molecule has 0 aliphatic heterocycles. The van der Waals surface area contributed by atoms with E-state index in [-0.39, 0.29) is 12.5 Å². The molecule has 1 amide bonds. The molecule has 2 aromatic heterocycles. The molecule has 4 rings (SSSR count). The lowest BCUT2D eigenvalue weighted by Crippen LogP contribution is -2.21. The van der Waals surface area contributed by atoms with Gasteiger partial charge in [0.05, 0.1) is 20.9 Å². The Balaban J connectivity index is 1.58. The lowest BCUT2D eigenvalue weighted by atomic mass is 10.2. The fraction of sp³-hybridized carbons (Fsp3) is 0.150. The van der Waals surface area contributed by atoms with Crippen LogP contribution in [0.2, 0.25) is 5.02 Å². The highest BCUT2D eigenvalue weighted by atomic mass is 35.5. The normalized spacial score (nSPS) is 11.0. The second-order valence-electron chi connectivity index (χ2n) is 6.27. The highest BCUT2D eigenvalue weighted by Gasteiger charge is 2.16. The molecule has 0 bridgehead atoms. The van der Waals surface area contributed by atoms with Crippen LogP contribution in [0.1, 0.15) is 11.3 Å². The molecular weight excluding hydrogens is 396 g/mol. The first-order chi connectivity index (χ1) is 13.5. The van der Waals surface area contributed by atoms with Crippen LogP contribution in [0.25, 0.3) is 15.3 Å². The first kappa shape index (κ1) is 18.5. The number of carbonyl (C=O) groups is 1. The van der Waals surface area contributed by atoms with E-state index in [9.17, 15) is 4.79 Å². The number of hydrogen-bond donors (Lipinski definition) is 1. The van der Waals surface area contributed by atoms with Crippen molar-refractivity contribution < 1.29 is 9.53 Å². The summed E-state index contributed by atoms with van der Waals surface area (Å²) >= 11 is 7.74. The summed E-state index contributed by atoms with van der Waals surface area (Å²) in [6, 6.07) is 14.8. The van der Waals surface area contributed by atoms with E-state index in [0.717, 1.165) is 21.5 Å². The molecule has 0 aliphatic carbocycles. The molecule has 2 heterocycles.